The highest BCUT2D eigenvalue weighted by Crippen LogP contribution is 2.15. The van der Waals surface area contributed by atoms with Crippen molar-refractivity contribution >= 4 is 29.1 Å². The zero-order valence-electron chi connectivity index (χ0n) is 12.2. The molecule has 0 aromatic heterocycles. The average molecular weight is 317 g/mol. The van der Waals surface area contributed by atoms with Gasteiger partial charge in [0.15, 0.2) is 0 Å². The van der Waals surface area contributed by atoms with E-state index in [1.807, 2.05) is 30.3 Å². The van der Waals surface area contributed by atoms with Crippen molar-refractivity contribution in [1.82, 2.24) is 5.32 Å². The molecule has 0 aliphatic heterocycles. The molecule has 0 aliphatic rings. The number of carbonyl (C=O) groups excluding carboxylic acids is 2. The van der Waals surface area contributed by atoms with Gasteiger partial charge in [-0.05, 0) is 23.8 Å². The number of hydrogen-bond acceptors (Lipinski definition) is 2. The highest BCUT2D eigenvalue weighted by Gasteiger charge is 2.20. The summed E-state index contributed by atoms with van der Waals surface area (Å²) < 4.78 is 0. The molecule has 5 heteroatoms. The molecule has 114 valence electrons. The number of rotatable bonds is 5. The Morgan fingerprint density at radius 2 is 1.82 bits per heavy atom. The summed E-state index contributed by atoms with van der Waals surface area (Å²) in [6.07, 6.45) is 0.423. The van der Waals surface area contributed by atoms with Crippen LogP contribution in [0.1, 0.15) is 12.5 Å². The summed E-state index contributed by atoms with van der Waals surface area (Å²) in [5.41, 5.74) is 1.57. The summed E-state index contributed by atoms with van der Waals surface area (Å²) in [6, 6.07) is 15.8. The van der Waals surface area contributed by atoms with Crippen LogP contribution in [0.25, 0.3) is 0 Å². The third-order valence-corrected chi connectivity index (χ3v) is 3.30. The van der Waals surface area contributed by atoms with Crippen molar-refractivity contribution in [2.45, 2.75) is 19.4 Å². The zero-order valence-corrected chi connectivity index (χ0v) is 12.9. The minimum Gasteiger partial charge on any atom is -0.344 e. The van der Waals surface area contributed by atoms with E-state index < -0.39 is 6.04 Å². The normalized spacial score (nSPS) is 11.5. The second-order valence-corrected chi connectivity index (χ2v) is 5.38. The van der Waals surface area contributed by atoms with Crippen LogP contribution in [-0.4, -0.2) is 17.9 Å². The van der Waals surface area contributed by atoms with Gasteiger partial charge in [-0.2, -0.15) is 0 Å². The predicted octanol–water partition coefficient (Wildman–Crippen LogP) is 3.03. The van der Waals surface area contributed by atoms with E-state index >= 15 is 0 Å². The molecule has 2 amide bonds. The molecule has 1 atom stereocenters. The molecule has 0 fully saturated rings. The quantitative estimate of drug-likeness (QED) is 0.891. The molecule has 0 saturated carbocycles. The van der Waals surface area contributed by atoms with Crippen LogP contribution in [0.4, 0.5) is 5.69 Å². The zero-order chi connectivity index (χ0) is 15.9. The van der Waals surface area contributed by atoms with Crippen LogP contribution in [0.5, 0.6) is 0 Å². The van der Waals surface area contributed by atoms with Crippen LogP contribution >= 0.6 is 11.6 Å². The van der Waals surface area contributed by atoms with Crippen LogP contribution in [0, 0.1) is 0 Å². The summed E-state index contributed by atoms with van der Waals surface area (Å²) in [6.45, 7) is 1.39. The Kier molecular flexibility index (Phi) is 5.55. The third kappa shape index (κ3) is 4.90. The molecule has 0 radical (unpaired) electrons. The second-order valence-electron chi connectivity index (χ2n) is 4.94. The SMILES string of the molecule is CC(=O)N[C@H](Cc1ccccc1)C(=O)Nc1cccc(Cl)c1. The van der Waals surface area contributed by atoms with E-state index in [-0.39, 0.29) is 11.8 Å². The maximum Gasteiger partial charge on any atom is 0.247 e. The van der Waals surface area contributed by atoms with Gasteiger partial charge in [0.05, 0.1) is 0 Å². The fourth-order valence-electron chi connectivity index (χ4n) is 2.10. The van der Waals surface area contributed by atoms with E-state index in [1.165, 1.54) is 6.92 Å². The number of amides is 2. The standard InChI is InChI=1S/C17H17ClN2O2/c1-12(21)19-16(10-13-6-3-2-4-7-13)17(22)20-15-9-5-8-14(18)11-15/h2-9,11,16H,10H2,1H3,(H,19,21)(H,20,22)/t16-/m1/s1. The fourth-order valence-corrected chi connectivity index (χ4v) is 2.29. The lowest BCUT2D eigenvalue weighted by Gasteiger charge is -2.18. The first-order valence-electron chi connectivity index (χ1n) is 6.92. The Hall–Kier alpha value is -2.33. The molecular formula is C17H17ClN2O2. The molecule has 0 spiro atoms. The predicted molar refractivity (Wildman–Crippen MR) is 87.8 cm³/mol. The maximum atomic E-state index is 12.4. The van der Waals surface area contributed by atoms with Gasteiger partial charge in [0.25, 0.3) is 0 Å². The van der Waals surface area contributed by atoms with Gasteiger partial charge in [0, 0.05) is 24.1 Å². The number of benzene rings is 2. The lowest BCUT2D eigenvalue weighted by molar-refractivity contribution is -0.125. The van der Waals surface area contributed by atoms with Crippen molar-refractivity contribution in [2.75, 3.05) is 5.32 Å². The Morgan fingerprint density at radius 1 is 1.09 bits per heavy atom. The monoisotopic (exact) mass is 316 g/mol. The van der Waals surface area contributed by atoms with Crippen molar-refractivity contribution in [2.24, 2.45) is 0 Å². The first-order chi connectivity index (χ1) is 10.5. The minimum absolute atomic E-state index is 0.248. The summed E-state index contributed by atoms with van der Waals surface area (Å²) in [4.78, 5) is 23.7. The molecule has 2 N–H and O–H groups in total. The van der Waals surface area contributed by atoms with E-state index in [0.29, 0.717) is 17.1 Å². The molecule has 0 saturated heterocycles. The largest absolute Gasteiger partial charge is 0.344 e. The van der Waals surface area contributed by atoms with E-state index in [0.717, 1.165) is 5.56 Å². The Balaban J connectivity index is 2.10. The van der Waals surface area contributed by atoms with Crippen LogP contribution in [-0.2, 0) is 16.0 Å². The van der Waals surface area contributed by atoms with Gasteiger partial charge in [0.1, 0.15) is 6.04 Å². The van der Waals surface area contributed by atoms with Gasteiger partial charge in [-0.15, -0.1) is 0 Å². The summed E-state index contributed by atoms with van der Waals surface area (Å²) >= 11 is 5.90. The second kappa shape index (κ2) is 7.61. The van der Waals surface area contributed by atoms with Gasteiger partial charge >= 0.3 is 0 Å². The number of anilines is 1. The summed E-state index contributed by atoms with van der Waals surface area (Å²) in [5.74, 6) is -0.525. The van der Waals surface area contributed by atoms with Crippen LogP contribution in [0.15, 0.2) is 54.6 Å². The van der Waals surface area contributed by atoms with Gasteiger partial charge < -0.3 is 10.6 Å². The minimum atomic E-state index is -0.640. The van der Waals surface area contributed by atoms with Crippen molar-refractivity contribution in [1.29, 1.82) is 0 Å². The molecule has 0 aliphatic carbocycles. The molecule has 2 rings (SSSR count). The molecule has 2 aromatic rings. The number of carbonyl (C=O) groups is 2. The Morgan fingerprint density at radius 3 is 2.45 bits per heavy atom. The number of hydrogen-bond donors (Lipinski definition) is 2. The Labute approximate surface area is 134 Å². The highest BCUT2D eigenvalue weighted by atomic mass is 35.5. The fraction of sp³-hybridized carbons (Fsp3) is 0.176. The van der Waals surface area contributed by atoms with Gasteiger partial charge in [-0.25, -0.2) is 0 Å². The summed E-state index contributed by atoms with van der Waals surface area (Å²) in [5, 5.41) is 5.99. The smallest absolute Gasteiger partial charge is 0.247 e. The molecular weight excluding hydrogens is 300 g/mol. The van der Waals surface area contributed by atoms with Crippen LogP contribution < -0.4 is 10.6 Å². The average Bonchev–Trinajstić information content (AvgIpc) is 2.47. The molecule has 4 nitrogen and oxygen atoms in total. The number of halogens is 1. The Bertz CT molecular complexity index is 659. The van der Waals surface area contributed by atoms with E-state index in [1.54, 1.807) is 24.3 Å². The van der Waals surface area contributed by atoms with Gasteiger partial charge in [-0.1, -0.05) is 48.0 Å². The first kappa shape index (κ1) is 16.0. The third-order valence-electron chi connectivity index (χ3n) is 3.07. The van der Waals surface area contributed by atoms with E-state index in [4.69, 9.17) is 11.6 Å². The first-order valence-corrected chi connectivity index (χ1v) is 7.30. The van der Waals surface area contributed by atoms with Crippen molar-refractivity contribution < 1.29 is 9.59 Å². The molecule has 0 bridgehead atoms. The van der Waals surface area contributed by atoms with Crippen LogP contribution in [0.2, 0.25) is 5.02 Å². The van der Waals surface area contributed by atoms with Crippen LogP contribution in [0.3, 0.4) is 0 Å². The van der Waals surface area contributed by atoms with E-state index in [9.17, 15) is 9.59 Å². The lowest BCUT2D eigenvalue weighted by atomic mass is 10.1. The van der Waals surface area contributed by atoms with Gasteiger partial charge in [-0.3, -0.25) is 9.59 Å². The molecule has 0 unspecified atom stereocenters. The highest BCUT2D eigenvalue weighted by molar-refractivity contribution is 6.30. The van der Waals surface area contributed by atoms with Crippen molar-refractivity contribution in [3.05, 3.63) is 65.2 Å². The number of nitrogens with one attached hydrogen (secondary N) is 2. The van der Waals surface area contributed by atoms with E-state index in [2.05, 4.69) is 10.6 Å². The van der Waals surface area contributed by atoms with Crippen molar-refractivity contribution in [3.8, 4) is 0 Å². The summed E-state index contributed by atoms with van der Waals surface area (Å²) in [7, 11) is 0. The topological polar surface area (TPSA) is 58.2 Å². The van der Waals surface area contributed by atoms with Crippen molar-refractivity contribution in [3.63, 3.8) is 0 Å². The molecule has 2 aromatic carbocycles. The van der Waals surface area contributed by atoms with Gasteiger partial charge in [0.2, 0.25) is 11.8 Å². The molecule has 0 heterocycles. The molecule has 22 heavy (non-hydrogen) atoms. The maximum absolute atomic E-state index is 12.4. The lowest BCUT2D eigenvalue weighted by Crippen LogP contribution is -2.44.